The summed E-state index contributed by atoms with van der Waals surface area (Å²) >= 11 is 0. The quantitative estimate of drug-likeness (QED) is 0.518. The second-order valence-electron chi connectivity index (χ2n) is 2.92. The summed E-state index contributed by atoms with van der Waals surface area (Å²) in [4.78, 5) is 0. The van der Waals surface area contributed by atoms with Gasteiger partial charge in [-0.2, -0.15) is 0 Å². The molecule has 1 aliphatic rings. The fourth-order valence-corrected chi connectivity index (χ4v) is 1.45. The van der Waals surface area contributed by atoms with Crippen LogP contribution in [0.4, 0.5) is 0 Å². The number of hydrogen-bond acceptors (Lipinski definition) is 0. The molecule has 0 aromatic rings. The Kier molecular flexibility index (Phi) is 2.73. The van der Waals surface area contributed by atoms with Gasteiger partial charge < -0.3 is 0 Å². The zero-order valence-corrected chi connectivity index (χ0v) is 6.98. The van der Waals surface area contributed by atoms with Crippen LogP contribution < -0.4 is 0 Å². The topological polar surface area (TPSA) is 0 Å². The van der Waals surface area contributed by atoms with Gasteiger partial charge in [0, 0.05) is 0 Å². The maximum atomic E-state index is 2.35. The Morgan fingerprint density at radius 3 is 3.00 bits per heavy atom. The Balaban J connectivity index is 2.67. The van der Waals surface area contributed by atoms with Crippen LogP contribution in [0.3, 0.4) is 0 Å². The van der Waals surface area contributed by atoms with Gasteiger partial charge in [0.2, 0.25) is 0 Å². The number of hydrogen-bond donors (Lipinski definition) is 0. The van der Waals surface area contributed by atoms with Gasteiger partial charge in [0.15, 0.2) is 0 Å². The lowest BCUT2D eigenvalue weighted by Gasteiger charge is -2.12. The van der Waals surface area contributed by atoms with Gasteiger partial charge in [-0.1, -0.05) is 24.6 Å². The van der Waals surface area contributed by atoms with E-state index in [2.05, 4.69) is 26.0 Å². The van der Waals surface area contributed by atoms with Gasteiger partial charge in [0.05, 0.1) is 0 Å². The molecule has 1 rings (SSSR count). The van der Waals surface area contributed by atoms with Gasteiger partial charge >= 0.3 is 0 Å². The molecule has 0 saturated heterocycles. The molecule has 0 aromatic heterocycles. The Morgan fingerprint density at radius 1 is 1.60 bits per heavy atom. The van der Waals surface area contributed by atoms with Crippen molar-refractivity contribution in [2.24, 2.45) is 0 Å². The first-order chi connectivity index (χ1) is 4.84. The first kappa shape index (κ1) is 7.59. The minimum absolute atomic E-state index is 1.18. The maximum Gasteiger partial charge on any atom is -0.0277 e. The number of rotatable bonds is 1. The molecule has 0 aliphatic heterocycles. The summed E-state index contributed by atoms with van der Waals surface area (Å²) in [5.41, 5.74) is 3.09. The first-order valence-corrected chi connectivity index (χ1v) is 4.20. The molecule has 0 saturated carbocycles. The van der Waals surface area contributed by atoms with E-state index in [0.29, 0.717) is 0 Å². The van der Waals surface area contributed by atoms with Crippen LogP contribution in [0.15, 0.2) is 23.3 Å². The van der Waals surface area contributed by atoms with E-state index < -0.39 is 0 Å². The summed E-state index contributed by atoms with van der Waals surface area (Å²) in [5.74, 6) is 0. The van der Waals surface area contributed by atoms with Crippen LogP contribution in [-0.2, 0) is 0 Å². The lowest BCUT2D eigenvalue weighted by atomic mass is 9.94. The standard InChI is InChI=1S/C10H16/c1-3-6-10-8-5-4-7-9(10)2/h6-7H,3-5,8H2,1-2H3/b10-6+. The third-order valence-corrected chi connectivity index (χ3v) is 2.06. The van der Waals surface area contributed by atoms with Gasteiger partial charge in [-0.3, -0.25) is 0 Å². The molecule has 0 aromatic carbocycles. The van der Waals surface area contributed by atoms with E-state index in [9.17, 15) is 0 Å². The minimum Gasteiger partial charge on any atom is -0.0813 e. The molecule has 0 amide bonds. The van der Waals surface area contributed by atoms with E-state index in [4.69, 9.17) is 0 Å². The molecule has 0 radical (unpaired) electrons. The highest BCUT2D eigenvalue weighted by Crippen LogP contribution is 2.23. The van der Waals surface area contributed by atoms with Crippen LogP contribution >= 0.6 is 0 Å². The summed E-state index contributed by atoms with van der Waals surface area (Å²) in [5, 5.41) is 0. The van der Waals surface area contributed by atoms with Gasteiger partial charge in [-0.25, -0.2) is 0 Å². The molecule has 0 bridgehead atoms. The second kappa shape index (κ2) is 3.60. The summed E-state index contributed by atoms with van der Waals surface area (Å²) in [6, 6.07) is 0. The first-order valence-electron chi connectivity index (χ1n) is 4.20. The lowest BCUT2D eigenvalue weighted by Crippen LogP contribution is -1.92. The van der Waals surface area contributed by atoms with Crippen molar-refractivity contribution in [2.75, 3.05) is 0 Å². The summed E-state index contributed by atoms with van der Waals surface area (Å²) in [6.07, 6.45) is 9.82. The van der Waals surface area contributed by atoms with E-state index >= 15 is 0 Å². The normalized spacial score (nSPS) is 23.0. The zero-order valence-electron chi connectivity index (χ0n) is 6.98. The highest BCUT2D eigenvalue weighted by molar-refractivity contribution is 5.30. The van der Waals surface area contributed by atoms with Crippen molar-refractivity contribution in [3.05, 3.63) is 23.3 Å². The fourth-order valence-electron chi connectivity index (χ4n) is 1.45. The average Bonchev–Trinajstić information content (AvgIpc) is 1.94. The molecule has 0 heteroatoms. The van der Waals surface area contributed by atoms with Crippen molar-refractivity contribution in [2.45, 2.75) is 39.5 Å². The van der Waals surface area contributed by atoms with Crippen molar-refractivity contribution in [1.82, 2.24) is 0 Å². The molecule has 0 atom stereocenters. The monoisotopic (exact) mass is 136 g/mol. The van der Waals surface area contributed by atoms with Crippen LogP contribution in [0.1, 0.15) is 39.5 Å². The minimum atomic E-state index is 1.18. The molecular formula is C10H16. The smallest absolute Gasteiger partial charge is 0.0277 e. The molecule has 0 fully saturated rings. The predicted molar refractivity (Wildman–Crippen MR) is 46.0 cm³/mol. The third kappa shape index (κ3) is 1.73. The zero-order chi connectivity index (χ0) is 7.40. The summed E-state index contributed by atoms with van der Waals surface area (Å²) < 4.78 is 0. The van der Waals surface area contributed by atoms with Gasteiger partial charge in [-0.15, -0.1) is 0 Å². The average molecular weight is 136 g/mol. The largest absolute Gasteiger partial charge is 0.0813 e. The Hall–Kier alpha value is -0.520. The maximum absolute atomic E-state index is 2.35. The van der Waals surface area contributed by atoms with Crippen molar-refractivity contribution in [3.8, 4) is 0 Å². The fraction of sp³-hybridized carbons (Fsp3) is 0.600. The highest BCUT2D eigenvalue weighted by atomic mass is 14.1. The van der Waals surface area contributed by atoms with E-state index in [-0.39, 0.29) is 0 Å². The van der Waals surface area contributed by atoms with Gasteiger partial charge in [0.1, 0.15) is 0 Å². The van der Waals surface area contributed by atoms with E-state index in [1.54, 1.807) is 5.57 Å². The summed E-state index contributed by atoms with van der Waals surface area (Å²) in [6.45, 7) is 4.43. The van der Waals surface area contributed by atoms with Crippen LogP contribution in [0.2, 0.25) is 0 Å². The van der Waals surface area contributed by atoms with E-state index in [1.165, 1.54) is 31.3 Å². The van der Waals surface area contributed by atoms with Crippen LogP contribution in [-0.4, -0.2) is 0 Å². The molecule has 0 N–H and O–H groups in total. The molecule has 0 heterocycles. The van der Waals surface area contributed by atoms with E-state index in [1.807, 2.05) is 0 Å². The molecule has 0 spiro atoms. The van der Waals surface area contributed by atoms with Crippen LogP contribution in [0.5, 0.6) is 0 Å². The lowest BCUT2D eigenvalue weighted by molar-refractivity contribution is 0.796. The highest BCUT2D eigenvalue weighted by Gasteiger charge is 2.03. The molecule has 0 nitrogen and oxygen atoms in total. The second-order valence-corrected chi connectivity index (χ2v) is 2.92. The number of allylic oxidation sites excluding steroid dienone is 4. The van der Waals surface area contributed by atoms with Gasteiger partial charge in [0.25, 0.3) is 0 Å². The molecule has 1 aliphatic carbocycles. The Bertz CT molecular complexity index is 161. The van der Waals surface area contributed by atoms with Crippen molar-refractivity contribution in [3.63, 3.8) is 0 Å². The molecular weight excluding hydrogens is 120 g/mol. The van der Waals surface area contributed by atoms with Crippen LogP contribution in [0, 0.1) is 0 Å². The Morgan fingerprint density at radius 2 is 2.40 bits per heavy atom. The van der Waals surface area contributed by atoms with E-state index in [0.717, 1.165) is 0 Å². The van der Waals surface area contributed by atoms with Crippen molar-refractivity contribution in [1.29, 1.82) is 0 Å². The van der Waals surface area contributed by atoms with Crippen molar-refractivity contribution >= 4 is 0 Å². The Labute approximate surface area is 63.6 Å². The molecule has 10 heavy (non-hydrogen) atoms. The molecule has 0 unspecified atom stereocenters. The third-order valence-electron chi connectivity index (χ3n) is 2.06. The SMILES string of the molecule is CC/C=C1\CCCC=C1C. The van der Waals surface area contributed by atoms with Crippen molar-refractivity contribution < 1.29 is 0 Å². The predicted octanol–water partition coefficient (Wildman–Crippen LogP) is 3.45. The molecule has 56 valence electrons. The summed E-state index contributed by atoms with van der Waals surface area (Å²) in [7, 11) is 0. The van der Waals surface area contributed by atoms with Gasteiger partial charge in [-0.05, 0) is 38.2 Å². The van der Waals surface area contributed by atoms with Crippen LogP contribution in [0.25, 0.3) is 0 Å².